The van der Waals surface area contributed by atoms with E-state index in [0.717, 1.165) is 58.4 Å². The van der Waals surface area contributed by atoms with Gasteiger partial charge in [-0.15, -0.1) is 0 Å². The third-order valence-corrected chi connectivity index (χ3v) is 5.57. The number of hydrogen-bond donors (Lipinski definition) is 3. The van der Waals surface area contributed by atoms with Gasteiger partial charge in [0.25, 0.3) is 0 Å². The van der Waals surface area contributed by atoms with E-state index in [9.17, 15) is 9.90 Å². The fraction of sp³-hybridized carbons (Fsp3) is 0.333. The zero-order valence-corrected chi connectivity index (χ0v) is 16.7. The molecule has 1 atom stereocenters. The quantitative estimate of drug-likeness (QED) is 0.601. The van der Waals surface area contributed by atoms with E-state index in [2.05, 4.69) is 16.7 Å². The summed E-state index contributed by atoms with van der Waals surface area (Å²) < 4.78 is 0. The number of hydrogen-bond acceptors (Lipinski definition) is 4. The average molecular weight is 389 g/mol. The third-order valence-electron chi connectivity index (χ3n) is 5.57. The number of benzene rings is 2. The van der Waals surface area contributed by atoms with Crippen LogP contribution in [0.2, 0.25) is 0 Å². The number of nitrogens with zero attached hydrogens (tertiary/aromatic N) is 1. The van der Waals surface area contributed by atoms with Crippen LogP contribution < -0.4 is 10.6 Å². The number of fused-ring (bicyclic) bond motifs is 1. The van der Waals surface area contributed by atoms with Crippen molar-refractivity contribution in [2.45, 2.75) is 45.3 Å². The zero-order valence-electron chi connectivity index (χ0n) is 16.7. The molecule has 29 heavy (non-hydrogen) atoms. The van der Waals surface area contributed by atoms with Crippen LogP contribution in [-0.4, -0.2) is 28.6 Å². The van der Waals surface area contributed by atoms with Crippen molar-refractivity contribution in [2.75, 3.05) is 11.9 Å². The van der Waals surface area contributed by atoms with Crippen LogP contribution in [-0.2, 0) is 17.8 Å². The first-order chi connectivity index (χ1) is 14.1. The summed E-state index contributed by atoms with van der Waals surface area (Å²) in [6.07, 6.45) is 3.36. The predicted molar refractivity (Wildman–Crippen MR) is 116 cm³/mol. The summed E-state index contributed by atoms with van der Waals surface area (Å²) in [7, 11) is 0. The molecule has 1 aliphatic rings. The lowest BCUT2D eigenvalue weighted by atomic mass is 9.98. The van der Waals surface area contributed by atoms with Crippen molar-refractivity contribution >= 4 is 22.5 Å². The predicted octanol–water partition coefficient (Wildman–Crippen LogP) is 3.71. The Balaban J connectivity index is 1.60. The second-order valence-electron chi connectivity index (χ2n) is 7.77. The number of carbonyl (C=O) groups is 1. The van der Waals surface area contributed by atoms with Crippen LogP contribution in [0.15, 0.2) is 48.5 Å². The topological polar surface area (TPSA) is 74.2 Å². The SMILES string of the molecule is Cc1cc(CO)c2cccc(Cc3ccccc3NC(=O)C[C@H]3CCCN3)c2n1. The van der Waals surface area contributed by atoms with E-state index in [-0.39, 0.29) is 18.6 Å². The molecular formula is C24H27N3O2. The Morgan fingerprint density at radius 3 is 2.79 bits per heavy atom. The number of para-hydroxylation sites is 2. The van der Waals surface area contributed by atoms with Gasteiger partial charge >= 0.3 is 0 Å². The lowest BCUT2D eigenvalue weighted by Gasteiger charge is -2.15. The Morgan fingerprint density at radius 1 is 1.17 bits per heavy atom. The first-order valence-electron chi connectivity index (χ1n) is 10.2. The number of anilines is 1. The van der Waals surface area contributed by atoms with Gasteiger partial charge in [0, 0.05) is 35.7 Å². The lowest BCUT2D eigenvalue weighted by molar-refractivity contribution is -0.116. The molecule has 0 spiro atoms. The molecule has 0 saturated carbocycles. The first kappa shape index (κ1) is 19.6. The van der Waals surface area contributed by atoms with Gasteiger partial charge in [0.1, 0.15) is 0 Å². The van der Waals surface area contributed by atoms with Crippen LogP contribution in [0.3, 0.4) is 0 Å². The fourth-order valence-electron chi connectivity index (χ4n) is 4.15. The number of pyridine rings is 1. The Labute approximate surface area is 171 Å². The molecule has 5 heteroatoms. The van der Waals surface area contributed by atoms with E-state index in [1.54, 1.807) is 0 Å². The van der Waals surface area contributed by atoms with Crippen molar-refractivity contribution in [3.63, 3.8) is 0 Å². The maximum atomic E-state index is 12.5. The molecule has 0 unspecified atom stereocenters. The maximum absolute atomic E-state index is 12.5. The number of aliphatic hydroxyl groups excluding tert-OH is 1. The fourth-order valence-corrected chi connectivity index (χ4v) is 4.15. The van der Waals surface area contributed by atoms with Gasteiger partial charge in [-0.1, -0.05) is 36.4 Å². The highest BCUT2D eigenvalue weighted by Crippen LogP contribution is 2.26. The van der Waals surface area contributed by atoms with Crippen molar-refractivity contribution in [1.29, 1.82) is 0 Å². The normalized spacial score (nSPS) is 16.3. The number of nitrogens with one attached hydrogen (secondary N) is 2. The molecule has 0 aliphatic carbocycles. The van der Waals surface area contributed by atoms with Crippen LogP contribution in [0.25, 0.3) is 10.9 Å². The largest absolute Gasteiger partial charge is 0.392 e. The number of amides is 1. The zero-order chi connectivity index (χ0) is 20.2. The van der Waals surface area contributed by atoms with E-state index in [4.69, 9.17) is 4.98 Å². The van der Waals surface area contributed by atoms with Crippen LogP contribution in [0.5, 0.6) is 0 Å². The minimum Gasteiger partial charge on any atom is -0.392 e. The second kappa shape index (κ2) is 8.72. The molecule has 3 N–H and O–H groups in total. The van der Waals surface area contributed by atoms with Gasteiger partial charge in [-0.25, -0.2) is 0 Å². The summed E-state index contributed by atoms with van der Waals surface area (Å²) in [5.41, 5.74) is 5.68. The minimum absolute atomic E-state index is 0.00877. The standard InChI is InChI=1S/C24H27N3O2/c1-16-12-19(15-28)21-9-4-7-18(24(21)26-16)13-17-6-2-3-10-22(17)27-23(29)14-20-8-5-11-25-20/h2-4,6-7,9-10,12,20,25,28H,5,8,11,13-15H2,1H3,(H,27,29)/t20-/m1/s1. The smallest absolute Gasteiger partial charge is 0.225 e. The number of carbonyl (C=O) groups excluding carboxylic acids is 1. The highest BCUT2D eigenvalue weighted by molar-refractivity contribution is 5.92. The molecule has 0 radical (unpaired) electrons. The molecule has 1 fully saturated rings. The lowest BCUT2D eigenvalue weighted by Crippen LogP contribution is -2.27. The molecule has 4 rings (SSSR count). The Kier molecular flexibility index (Phi) is 5.88. The molecule has 2 heterocycles. The summed E-state index contributed by atoms with van der Waals surface area (Å²) in [6.45, 7) is 2.93. The second-order valence-corrected chi connectivity index (χ2v) is 7.77. The van der Waals surface area contributed by atoms with Crippen molar-refractivity contribution in [3.05, 3.63) is 70.9 Å². The Morgan fingerprint density at radius 2 is 2.00 bits per heavy atom. The Hall–Kier alpha value is -2.76. The third kappa shape index (κ3) is 4.47. The summed E-state index contributed by atoms with van der Waals surface area (Å²) in [4.78, 5) is 17.3. The van der Waals surface area contributed by atoms with Gasteiger partial charge in [0.05, 0.1) is 12.1 Å². The number of aromatic nitrogens is 1. The van der Waals surface area contributed by atoms with Gasteiger partial charge in [0.15, 0.2) is 0 Å². The van der Waals surface area contributed by atoms with E-state index >= 15 is 0 Å². The molecular weight excluding hydrogens is 362 g/mol. The molecule has 1 amide bonds. The van der Waals surface area contributed by atoms with Gasteiger partial charge in [0.2, 0.25) is 5.91 Å². The summed E-state index contributed by atoms with van der Waals surface area (Å²) in [5.74, 6) is 0.0475. The maximum Gasteiger partial charge on any atom is 0.225 e. The van der Waals surface area contributed by atoms with Crippen molar-refractivity contribution in [3.8, 4) is 0 Å². The molecule has 0 bridgehead atoms. The summed E-state index contributed by atoms with van der Waals surface area (Å²) in [6, 6.07) is 16.2. The molecule has 5 nitrogen and oxygen atoms in total. The monoisotopic (exact) mass is 389 g/mol. The molecule has 1 aromatic heterocycles. The molecule has 1 saturated heterocycles. The van der Waals surface area contributed by atoms with Gasteiger partial charge in [-0.05, 0) is 55.1 Å². The number of aliphatic hydroxyl groups is 1. The van der Waals surface area contributed by atoms with Crippen molar-refractivity contribution in [2.24, 2.45) is 0 Å². The van der Waals surface area contributed by atoms with Crippen LogP contribution in [0, 0.1) is 6.92 Å². The van der Waals surface area contributed by atoms with Gasteiger partial charge < -0.3 is 15.7 Å². The van der Waals surface area contributed by atoms with E-state index in [0.29, 0.717) is 12.8 Å². The van der Waals surface area contributed by atoms with Crippen LogP contribution >= 0.6 is 0 Å². The average Bonchev–Trinajstić information content (AvgIpc) is 3.22. The summed E-state index contributed by atoms with van der Waals surface area (Å²) in [5, 5.41) is 17.2. The molecule has 150 valence electrons. The molecule has 3 aromatic rings. The van der Waals surface area contributed by atoms with Gasteiger partial charge in [-0.3, -0.25) is 9.78 Å². The molecule has 2 aromatic carbocycles. The van der Waals surface area contributed by atoms with E-state index < -0.39 is 0 Å². The Bertz CT molecular complexity index is 1030. The number of aryl methyl sites for hydroxylation is 1. The van der Waals surface area contributed by atoms with Crippen LogP contribution in [0.4, 0.5) is 5.69 Å². The highest BCUT2D eigenvalue weighted by Gasteiger charge is 2.18. The van der Waals surface area contributed by atoms with Crippen molar-refractivity contribution in [1.82, 2.24) is 10.3 Å². The van der Waals surface area contributed by atoms with E-state index in [1.807, 2.05) is 49.4 Å². The van der Waals surface area contributed by atoms with Crippen molar-refractivity contribution < 1.29 is 9.90 Å². The first-order valence-corrected chi connectivity index (χ1v) is 10.2. The van der Waals surface area contributed by atoms with Crippen LogP contribution in [0.1, 0.15) is 41.6 Å². The van der Waals surface area contributed by atoms with Gasteiger partial charge in [-0.2, -0.15) is 0 Å². The highest BCUT2D eigenvalue weighted by atomic mass is 16.3. The summed E-state index contributed by atoms with van der Waals surface area (Å²) >= 11 is 0. The van der Waals surface area contributed by atoms with E-state index in [1.165, 1.54) is 0 Å². The molecule has 1 aliphatic heterocycles. The number of rotatable bonds is 6. The minimum atomic E-state index is -0.00877.